The molecule has 5 heteroatoms. The number of carbonyl (C=O) groups is 1. The number of hydrogen-bond acceptors (Lipinski definition) is 3. The Morgan fingerprint density at radius 2 is 2.06 bits per heavy atom. The van der Waals surface area contributed by atoms with Crippen molar-refractivity contribution in [2.75, 3.05) is 32.7 Å². The minimum atomic E-state index is 0. The van der Waals surface area contributed by atoms with E-state index in [1.807, 2.05) is 4.90 Å². The van der Waals surface area contributed by atoms with Crippen molar-refractivity contribution in [2.45, 2.75) is 32.7 Å². The van der Waals surface area contributed by atoms with Crippen LogP contribution in [0.15, 0.2) is 0 Å². The van der Waals surface area contributed by atoms with E-state index in [-0.39, 0.29) is 18.3 Å². The van der Waals surface area contributed by atoms with Crippen LogP contribution in [0.2, 0.25) is 0 Å². The van der Waals surface area contributed by atoms with Gasteiger partial charge in [-0.25, -0.2) is 0 Å². The van der Waals surface area contributed by atoms with E-state index in [0.29, 0.717) is 19.0 Å². The van der Waals surface area contributed by atoms with Gasteiger partial charge in [0, 0.05) is 32.1 Å². The zero-order valence-electron chi connectivity index (χ0n) is 10.3. The van der Waals surface area contributed by atoms with Gasteiger partial charge in [-0.1, -0.05) is 13.8 Å². The summed E-state index contributed by atoms with van der Waals surface area (Å²) in [6, 6.07) is 0.557. The van der Waals surface area contributed by atoms with E-state index >= 15 is 0 Å². The van der Waals surface area contributed by atoms with Crippen LogP contribution < -0.4 is 5.73 Å². The van der Waals surface area contributed by atoms with Crippen LogP contribution in [0.25, 0.3) is 0 Å². The first kappa shape index (κ1) is 15.7. The lowest BCUT2D eigenvalue weighted by Crippen LogP contribution is -2.38. The van der Waals surface area contributed by atoms with Gasteiger partial charge in [0.15, 0.2) is 0 Å². The summed E-state index contributed by atoms with van der Waals surface area (Å²) in [6.07, 6.45) is 1.60. The Morgan fingerprint density at radius 1 is 1.44 bits per heavy atom. The van der Waals surface area contributed by atoms with Crippen LogP contribution in [0.5, 0.6) is 0 Å². The van der Waals surface area contributed by atoms with E-state index in [2.05, 4.69) is 18.7 Å². The van der Waals surface area contributed by atoms with Gasteiger partial charge in [0.25, 0.3) is 0 Å². The van der Waals surface area contributed by atoms with Crippen LogP contribution in [0.1, 0.15) is 26.7 Å². The Hall–Kier alpha value is -0.320. The first-order valence-electron chi connectivity index (χ1n) is 5.94. The molecule has 1 saturated heterocycles. The van der Waals surface area contributed by atoms with Crippen molar-refractivity contribution in [1.82, 2.24) is 9.80 Å². The van der Waals surface area contributed by atoms with E-state index in [1.54, 1.807) is 0 Å². The molecule has 1 aliphatic heterocycles. The number of carbonyl (C=O) groups excluding carboxylic acids is 1. The number of halogens is 1. The highest BCUT2D eigenvalue weighted by Crippen LogP contribution is 2.15. The molecule has 1 rings (SSSR count). The Morgan fingerprint density at radius 3 is 2.56 bits per heavy atom. The normalized spacial score (nSPS) is 20.0. The largest absolute Gasteiger partial charge is 0.341 e. The van der Waals surface area contributed by atoms with Crippen molar-refractivity contribution in [1.29, 1.82) is 0 Å². The average molecular weight is 250 g/mol. The summed E-state index contributed by atoms with van der Waals surface area (Å²) >= 11 is 0. The monoisotopic (exact) mass is 249 g/mol. The average Bonchev–Trinajstić information content (AvgIpc) is 2.69. The van der Waals surface area contributed by atoms with Crippen LogP contribution in [0.4, 0.5) is 0 Å². The summed E-state index contributed by atoms with van der Waals surface area (Å²) in [7, 11) is 0. The minimum Gasteiger partial charge on any atom is -0.341 e. The van der Waals surface area contributed by atoms with Crippen LogP contribution in [-0.4, -0.2) is 54.5 Å². The zero-order valence-corrected chi connectivity index (χ0v) is 11.1. The van der Waals surface area contributed by atoms with Crippen molar-refractivity contribution in [2.24, 2.45) is 5.73 Å². The molecule has 1 heterocycles. The molecule has 1 unspecified atom stereocenters. The standard InChI is InChI=1S/C11H23N3O.ClH/c1-3-13(4-2)10-6-8-14(9-10)11(15)5-7-12;/h10H,3-9,12H2,1-2H3;1H. The number of hydrogen-bond donors (Lipinski definition) is 1. The third kappa shape index (κ3) is 3.92. The van der Waals surface area contributed by atoms with Crippen molar-refractivity contribution in [3.63, 3.8) is 0 Å². The number of amides is 1. The van der Waals surface area contributed by atoms with Crippen LogP contribution in [0.3, 0.4) is 0 Å². The molecule has 4 nitrogen and oxygen atoms in total. The van der Waals surface area contributed by atoms with Crippen LogP contribution in [-0.2, 0) is 4.79 Å². The smallest absolute Gasteiger partial charge is 0.223 e. The number of likely N-dealkylation sites (tertiary alicyclic amines) is 1. The van der Waals surface area contributed by atoms with Gasteiger partial charge in [-0.05, 0) is 19.5 Å². The van der Waals surface area contributed by atoms with Gasteiger partial charge in [-0.3, -0.25) is 9.69 Å². The first-order chi connectivity index (χ1) is 7.22. The van der Waals surface area contributed by atoms with E-state index in [4.69, 9.17) is 5.73 Å². The molecule has 2 N–H and O–H groups in total. The molecule has 1 amide bonds. The van der Waals surface area contributed by atoms with Crippen molar-refractivity contribution in [3.8, 4) is 0 Å². The van der Waals surface area contributed by atoms with Gasteiger partial charge in [0.1, 0.15) is 0 Å². The third-order valence-corrected chi connectivity index (χ3v) is 3.20. The first-order valence-corrected chi connectivity index (χ1v) is 5.94. The maximum absolute atomic E-state index is 11.6. The lowest BCUT2D eigenvalue weighted by Gasteiger charge is -2.26. The van der Waals surface area contributed by atoms with E-state index < -0.39 is 0 Å². The van der Waals surface area contributed by atoms with Gasteiger partial charge in [-0.15, -0.1) is 12.4 Å². The molecule has 0 aromatic carbocycles. The van der Waals surface area contributed by atoms with Gasteiger partial charge in [0.2, 0.25) is 5.91 Å². The quantitative estimate of drug-likeness (QED) is 0.781. The second-order valence-corrected chi connectivity index (χ2v) is 4.04. The molecule has 0 bridgehead atoms. The van der Waals surface area contributed by atoms with Gasteiger partial charge < -0.3 is 10.6 Å². The molecule has 0 radical (unpaired) electrons. The minimum absolute atomic E-state index is 0. The molecule has 0 aromatic rings. The zero-order chi connectivity index (χ0) is 11.3. The Bertz CT molecular complexity index is 209. The number of nitrogens with two attached hydrogens (primary N) is 1. The molecular weight excluding hydrogens is 226 g/mol. The Balaban J connectivity index is 0.00000225. The summed E-state index contributed by atoms with van der Waals surface area (Å²) in [5.41, 5.74) is 5.39. The fraction of sp³-hybridized carbons (Fsp3) is 0.909. The van der Waals surface area contributed by atoms with E-state index in [0.717, 1.165) is 32.6 Å². The molecule has 0 aromatic heterocycles. The predicted molar refractivity (Wildman–Crippen MR) is 68.8 cm³/mol. The van der Waals surface area contributed by atoms with Gasteiger partial charge in [0.05, 0.1) is 0 Å². The molecule has 1 atom stereocenters. The second-order valence-electron chi connectivity index (χ2n) is 4.04. The maximum Gasteiger partial charge on any atom is 0.223 e. The van der Waals surface area contributed by atoms with Crippen molar-refractivity contribution < 1.29 is 4.79 Å². The summed E-state index contributed by atoms with van der Waals surface area (Å²) in [5.74, 6) is 0.215. The molecule has 0 saturated carbocycles. The number of nitrogens with zero attached hydrogens (tertiary/aromatic N) is 2. The summed E-state index contributed by atoms with van der Waals surface area (Å²) in [5, 5.41) is 0. The predicted octanol–water partition coefficient (Wildman–Crippen LogP) is 0.700. The molecule has 96 valence electrons. The van der Waals surface area contributed by atoms with Crippen LogP contribution in [0, 0.1) is 0 Å². The SMILES string of the molecule is CCN(CC)C1CCN(C(=O)CCN)C1.Cl. The van der Waals surface area contributed by atoms with Gasteiger partial charge >= 0.3 is 0 Å². The summed E-state index contributed by atoms with van der Waals surface area (Å²) in [4.78, 5) is 16.0. The molecule has 0 spiro atoms. The fourth-order valence-corrected chi connectivity index (χ4v) is 2.29. The highest BCUT2D eigenvalue weighted by Gasteiger charge is 2.28. The third-order valence-electron chi connectivity index (χ3n) is 3.20. The number of rotatable bonds is 5. The van der Waals surface area contributed by atoms with Gasteiger partial charge in [-0.2, -0.15) is 0 Å². The van der Waals surface area contributed by atoms with E-state index in [9.17, 15) is 4.79 Å². The number of likely N-dealkylation sites (N-methyl/N-ethyl adjacent to an activating group) is 1. The highest BCUT2D eigenvalue weighted by atomic mass is 35.5. The fourth-order valence-electron chi connectivity index (χ4n) is 2.29. The molecule has 1 aliphatic rings. The van der Waals surface area contributed by atoms with Crippen LogP contribution >= 0.6 is 12.4 Å². The topological polar surface area (TPSA) is 49.6 Å². The lowest BCUT2D eigenvalue weighted by molar-refractivity contribution is -0.130. The van der Waals surface area contributed by atoms with Crippen molar-refractivity contribution in [3.05, 3.63) is 0 Å². The Kier molecular flexibility index (Phi) is 7.72. The summed E-state index contributed by atoms with van der Waals surface area (Å²) in [6.45, 7) is 8.74. The maximum atomic E-state index is 11.6. The molecule has 1 fully saturated rings. The van der Waals surface area contributed by atoms with Crippen molar-refractivity contribution >= 4 is 18.3 Å². The summed E-state index contributed by atoms with van der Waals surface area (Å²) < 4.78 is 0. The highest BCUT2D eigenvalue weighted by molar-refractivity contribution is 5.85. The second kappa shape index (κ2) is 7.87. The Labute approximate surface area is 105 Å². The lowest BCUT2D eigenvalue weighted by atomic mass is 10.2. The van der Waals surface area contributed by atoms with E-state index in [1.165, 1.54) is 0 Å². The molecular formula is C11H24ClN3O. The molecule has 0 aliphatic carbocycles. The molecule has 16 heavy (non-hydrogen) atoms.